The number of hydrogen-bond donors (Lipinski definition) is 3. The Morgan fingerprint density at radius 1 is 1.32 bits per heavy atom. The van der Waals surface area contributed by atoms with Crippen molar-refractivity contribution in [3.63, 3.8) is 0 Å². The maximum atomic E-state index is 12.1. The van der Waals surface area contributed by atoms with E-state index in [2.05, 4.69) is 35.9 Å². The van der Waals surface area contributed by atoms with Gasteiger partial charge in [-0.05, 0) is 44.7 Å². The van der Waals surface area contributed by atoms with Gasteiger partial charge >= 0.3 is 0 Å². The Balaban J connectivity index is 1.44. The van der Waals surface area contributed by atoms with Gasteiger partial charge in [0.1, 0.15) is 0 Å². The summed E-state index contributed by atoms with van der Waals surface area (Å²) < 4.78 is 5.97. The van der Waals surface area contributed by atoms with Gasteiger partial charge in [-0.15, -0.1) is 0 Å². The highest BCUT2D eigenvalue weighted by atomic mass is 16.5. The predicted molar refractivity (Wildman–Crippen MR) is 112 cm³/mol. The fourth-order valence-corrected chi connectivity index (χ4v) is 4.99. The number of nitrogens with one attached hydrogen (secondary N) is 3. The number of carbonyl (C=O) groups excluding carboxylic acids is 1. The van der Waals surface area contributed by atoms with Gasteiger partial charge in [-0.1, -0.05) is 24.6 Å². The van der Waals surface area contributed by atoms with E-state index < -0.39 is 0 Å². The standard InChI is InChI=1S/C22H32N4O2/c1-3-23-21(26-18-13-19(28-4-2)22(18)10-7-11-22)24-14-15-12-20(27)25-17-9-6-5-8-16(15)17/h5-6,8-9,15,18-19H,3-4,7,10-14H2,1-2H3,(H,25,27)(H2,23,24,26). The smallest absolute Gasteiger partial charge is 0.225 e. The van der Waals surface area contributed by atoms with Gasteiger partial charge in [0.2, 0.25) is 5.91 Å². The molecule has 152 valence electrons. The normalized spacial score (nSPS) is 28.0. The van der Waals surface area contributed by atoms with Crippen LogP contribution in [0.5, 0.6) is 0 Å². The van der Waals surface area contributed by atoms with Crippen molar-refractivity contribution < 1.29 is 9.53 Å². The number of anilines is 1. The van der Waals surface area contributed by atoms with Crippen molar-refractivity contribution in [1.82, 2.24) is 10.6 Å². The first-order valence-corrected chi connectivity index (χ1v) is 10.7. The van der Waals surface area contributed by atoms with Gasteiger partial charge in [0.05, 0.1) is 12.6 Å². The van der Waals surface area contributed by atoms with Gasteiger partial charge in [-0.25, -0.2) is 0 Å². The Hall–Kier alpha value is -2.08. The molecule has 2 aliphatic carbocycles. The van der Waals surface area contributed by atoms with Crippen LogP contribution in [0.4, 0.5) is 5.69 Å². The molecule has 1 aromatic rings. The van der Waals surface area contributed by atoms with Gasteiger partial charge in [0.25, 0.3) is 0 Å². The number of amides is 1. The maximum Gasteiger partial charge on any atom is 0.225 e. The summed E-state index contributed by atoms with van der Waals surface area (Å²) in [5.41, 5.74) is 2.39. The molecule has 1 spiro atoms. The summed E-state index contributed by atoms with van der Waals surface area (Å²) in [7, 11) is 0. The molecule has 28 heavy (non-hydrogen) atoms. The van der Waals surface area contributed by atoms with E-state index >= 15 is 0 Å². The molecule has 2 saturated carbocycles. The van der Waals surface area contributed by atoms with E-state index in [1.807, 2.05) is 18.2 Å². The zero-order chi connectivity index (χ0) is 19.6. The van der Waals surface area contributed by atoms with Crippen molar-refractivity contribution in [1.29, 1.82) is 0 Å². The predicted octanol–water partition coefficient (Wildman–Crippen LogP) is 3.02. The summed E-state index contributed by atoms with van der Waals surface area (Å²) in [5.74, 6) is 1.05. The van der Waals surface area contributed by atoms with Crippen LogP contribution in [-0.4, -0.2) is 43.7 Å². The van der Waals surface area contributed by atoms with Gasteiger partial charge < -0.3 is 20.7 Å². The molecule has 0 aromatic heterocycles. The van der Waals surface area contributed by atoms with Crippen molar-refractivity contribution in [2.75, 3.05) is 25.0 Å². The zero-order valence-electron chi connectivity index (χ0n) is 17.0. The Morgan fingerprint density at radius 2 is 2.14 bits per heavy atom. The highest BCUT2D eigenvalue weighted by Gasteiger charge is 2.59. The molecule has 3 N–H and O–H groups in total. The Bertz CT molecular complexity index is 744. The monoisotopic (exact) mass is 384 g/mol. The van der Waals surface area contributed by atoms with Crippen molar-refractivity contribution in [3.05, 3.63) is 29.8 Å². The van der Waals surface area contributed by atoms with E-state index in [1.54, 1.807) is 0 Å². The van der Waals surface area contributed by atoms with E-state index in [0.29, 0.717) is 30.5 Å². The van der Waals surface area contributed by atoms with Crippen LogP contribution < -0.4 is 16.0 Å². The molecular weight excluding hydrogens is 352 g/mol. The number of guanidine groups is 1. The molecule has 3 aliphatic rings. The lowest BCUT2D eigenvalue weighted by atomic mass is 9.51. The van der Waals surface area contributed by atoms with Crippen LogP contribution >= 0.6 is 0 Å². The van der Waals surface area contributed by atoms with Crippen LogP contribution in [0.3, 0.4) is 0 Å². The van der Waals surface area contributed by atoms with Crippen molar-refractivity contribution in [2.24, 2.45) is 10.4 Å². The second-order valence-corrected chi connectivity index (χ2v) is 8.22. The minimum absolute atomic E-state index is 0.0730. The van der Waals surface area contributed by atoms with E-state index in [-0.39, 0.29) is 11.8 Å². The third kappa shape index (κ3) is 3.50. The van der Waals surface area contributed by atoms with E-state index in [9.17, 15) is 4.79 Å². The van der Waals surface area contributed by atoms with Crippen LogP contribution in [-0.2, 0) is 9.53 Å². The Morgan fingerprint density at radius 3 is 2.86 bits per heavy atom. The summed E-state index contributed by atoms with van der Waals surface area (Å²) in [6.07, 6.45) is 5.70. The minimum Gasteiger partial charge on any atom is -0.378 e. The lowest BCUT2D eigenvalue weighted by molar-refractivity contribution is -0.168. The summed E-state index contributed by atoms with van der Waals surface area (Å²) >= 11 is 0. The second-order valence-electron chi connectivity index (χ2n) is 8.22. The number of benzene rings is 1. The molecular formula is C22H32N4O2. The summed E-state index contributed by atoms with van der Waals surface area (Å²) in [4.78, 5) is 16.9. The first kappa shape index (κ1) is 19.2. The topological polar surface area (TPSA) is 74.8 Å². The average Bonchev–Trinajstić information content (AvgIpc) is 2.63. The van der Waals surface area contributed by atoms with Crippen molar-refractivity contribution in [2.45, 2.75) is 64.0 Å². The largest absolute Gasteiger partial charge is 0.378 e. The highest BCUT2D eigenvalue weighted by Crippen LogP contribution is 2.57. The number of para-hydroxylation sites is 1. The Labute approximate surface area is 167 Å². The molecule has 1 heterocycles. The number of nitrogens with zero attached hydrogens (tertiary/aromatic N) is 1. The summed E-state index contributed by atoms with van der Waals surface area (Å²) in [6, 6.07) is 8.48. The second kappa shape index (κ2) is 8.11. The zero-order valence-corrected chi connectivity index (χ0v) is 17.0. The summed E-state index contributed by atoms with van der Waals surface area (Å²) in [6.45, 7) is 6.38. The van der Waals surface area contributed by atoms with Gasteiger partial charge in [0.15, 0.2) is 5.96 Å². The number of fused-ring (bicyclic) bond motifs is 1. The molecule has 6 heteroatoms. The van der Waals surface area contributed by atoms with Crippen LogP contribution in [0, 0.1) is 5.41 Å². The van der Waals surface area contributed by atoms with Gasteiger partial charge in [0, 0.05) is 42.6 Å². The third-order valence-electron chi connectivity index (χ3n) is 6.67. The molecule has 3 unspecified atom stereocenters. The molecule has 2 fully saturated rings. The molecule has 3 atom stereocenters. The van der Waals surface area contributed by atoms with Crippen LogP contribution in [0.15, 0.2) is 29.3 Å². The first-order chi connectivity index (χ1) is 13.7. The fourth-order valence-electron chi connectivity index (χ4n) is 4.99. The quantitative estimate of drug-likeness (QED) is 0.521. The van der Waals surface area contributed by atoms with E-state index in [1.165, 1.54) is 24.8 Å². The fraction of sp³-hybridized carbons (Fsp3) is 0.636. The van der Waals surface area contributed by atoms with Crippen molar-refractivity contribution >= 4 is 17.6 Å². The summed E-state index contributed by atoms with van der Waals surface area (Å²) in [5, 5.41) is 10.0. The van der Waals surface area contributed by atoms with E-state index in [4.69, 9.17) is 9.73 Å². The molecule has 6 nitrogen and oxygen atoms in total. The maximum absolute atomic E-state index is 12.1. The molecule has 1 amide bonds. The molecule has 0 saturated heterocycles. The van der Waals surface area contributed by atoms with Gasteiger partial charge in [-0.2, -0.15) is 0 Å². The Kier molecular flexibility index (Phi) is 5.58. The molecule has 4 rings (SSSR count). The van der Waals surface area contributed by atoms with Crippen LogP contribution in [0.2, 0.25) is 0 Å². The number of carbonyl (C=O) groups is 1. The lowest BCUT2D eigenvalue weighted by Crippen LogP contribution is -2.68. The molecule has 0 bridgehead atoms. The molecule has 1 aliphatic heterocycles. The number of ether oxygens (including phenoxy) is 1. The molecule has 0 radical (unpaired) electrons. The first-order valence-electron chi connectivity index (χ1n) is 10.7. The average molecular weight is 385 g/mol. The van der Waals surface area contributed by atoms with Crippen molar-refractivity contribution in [3.8, 4) is 0 Å². The SMILES string of the molecule is CCNC(=NCC1CC(=O)Nc2ccccc21)NC1CC(OCC)C12CCC2. The highest BCUT2D eigenvalue weighted by molar-refractivity contribution is 5.94. The molecule has 1 aromatic carbocycles. The van der Waals surface area contributed by atoms with Gasteiger partial charge in [-0.3, -0.25) is 9.79 Å². The lowest BCUT2D eigenvalue weighted by Gasteiger charge is -2.61. The number of aliphatic imine (C=N–C) groups is 1. The van der Waals surface area contributed by atoms with Crippen LogP contribution in [0.1, 0.15) is 57.4 Å². The third-order valence-corrected chi connectivity index (χ3v) is 6.67. The number of rotatable bonds is 6. The van der Waals surface area contributed by atoms with Crippen LogP contribution in [0.25, 0.3) is 0 Å². The number of hydrogen-bond acceptors (Lipinski definition) is 3. The van der Waals surface area contributed by atoms with E-state index in [0.717, 1.165) is 31.2 Å². The minimum atomic E-state index is 0.0730.